The standard InChI is InChI=1S/C32H39N3O3/c1-6-31-34(7-2)16-15-33(22-28-18-24-11-8-9-13-29(24)38-28)14-10-12-26-17-23(3)32-25(21-35(26)31)19-27(36-4)20-30(32)37-5/h8-9,11,13,17-20,23H,1,7,10,12,14-16,21-22H2,2-5H3/t23-/m0/s1. The Balaban J connectivity index is 1.45. The second kappa shape index (κ2) is 11.4. The summed E-state index contributed by atoms with van der Waals surface area (Å²) in [6, 6.07) is 14.6. The lowest BCUT2D eigenvalue weighted by Crippen LogP contribution is -2.41. The van der Waals surface area contributed by atoms with Gasteiger partial charge in [-0.05, 0) is 50.1 Å². The molecule has 6 nitrogen and oxygen atoms in total. The molecule has 0 radical (unpaired) electrons. The Morgan fingerprint density at radius 3 is 2.66 bits per heavy atom. The fourth-order valence-corrected chi connectivity index (χ4v) is 5.90. The Morgan fingerprint density at radius 1 is 1.08 bits per heavy atom. The number of furan rings is 1. The van der Waals surface area contributed by atoms with Gasteiger partial charge in [-0.15, -0.1) is 0 Å². The molecule has 3 heterocycles. The molecule has 1 atom stereocenters. The van der Waals surface area contributed by atoms with E-state index in [2.05, 4.69) is 71.2 Å². The molecular formula is C32H39N3O3. The van der Waals surface area contributed by atoms with Crippen molar-refractivity contribution in [1.82, 2.24) is 14.7 Å². The maximum atomic E-state index is 6.16. The summed E-state index contributed by atoms with van der Waals surface area (Å²) in [6.45, 7) is 13.9. The number of hydrogen-bond acceptors (Lipinski definition) is 6. The Bertz CT molecular complexity index is 1330. The van der Waals surface area contributed by atoms with Crippen LogP contribution < -0.4 is 9.47 Å². The summed E-state index contributed by atoms with van der Waals surface area (Å²) in [5.74, 6) is 3.95. The fourth-order valence-electron chi connectivity index (χ4n) is 5.90. The molecule has 38 heavy (non-hydrogen) atoms. The first kappa shape index (κ1) is 26.0. The number of allylic oxidation sites excluding steroid dienone is 2. The van der Waals surface area contributed by atoms with E-state index in [9.17, 15) is 0 Å². The van der Waals surface area contributed by atoms with Gasteiger partial charge in [-0.25, -0.2) is 0 Å². The Hall–Kier alpha value is -3.60. The third-order valence-electron chi connectivity index (χ3n) is 7.77. The molecule has 2 aliphatic rings. The first-order valence-corrected chi connectivity index (χ1v) is 13.6. The number of nitrogens with zero attached hydrogens (tertiary/aromatic N) is 3. The Labute approximate surface area is 226 Å². The van der Waals surface area contributed by atoms with Crippen LogP contribution in [0.15, 0.2) is 76.8 Å². The van der Waals surface area contributed by atoms with E-state index in [0.29, 0.717) is 0 Å². The smallest absolute Gasteiger partial charge is 0.153 e. The molecule has 3 aromatic rings. The maximum Gasteiger partial charge on any atom is 0.153 e. The number of hydrogen-bond donors (Lipinski definition) is 0. The van der Waals surface area contributed by atoms with Crippen molar-refractivity contribution in [2.75, 3.05) is 40.4 Å². The number of methoxy groups -OCH3 is 2. The van der Waals surface area contributed by atoms with Gasteiger partial charge in [0.1, 0.15) is 22.8 Å². The van der Waals surface area contributed by atoms with Crippen molar-refractivity contribution in [2.24, 2.45) is 0 Å². The average molecular weight is 514 g/mol. The van der Waals surface area contributed by atoms with Gasteiger partial charge in [-0.3, -0.25) is 4.90 Å². The van der Waals surface area contributed by atoms with Gasteiger partial charge < -0.3 is 23.7 Å². The minimum Gasteiger partial charge on any atom is -0.497 e. The number of benzene rings is 2. The third-order valence-corrected chi connectivity index (χ3v) is 7.77. The molecule has 6 heteroatoms. The van der Waals surface area contributed by atoms with Gasteiger partial charge in [0.05, 0.1) is 27.3 Å². The molecule has 1 aromatic heterocycles. The molecule has 0 saturated carbocycles. The summed E-state index contributed by atoms with van der Waals surface area (Å²) in [7, 11) is 3.45. The average Bonchev–Trinajstić information content (AvgIpc) is 3.28. The minimum atomic E-state index is 0.210. The lowest BCUT2D eigenvalue weighted by atomic mass is 9.94. The van der Waals surface area contributed by atoms with Crippen molar-refractivity contribution < 1.29 is 13.9 Å². The third kappa shape index (κ3) is 5.20. The topological polar surface area (TPSA) is 41.3 Å². The largest absolute Gasteiger partial charge is 0.497 e. The van der Waals surface area contributed by atoms with Crippen molar-refractivity contribution in [3.8, 4) is 11.5 Å². The second-order valence-electron chi connectivity index (χ2n) is 10.1. The zero-order valence-corrected chi connectivity index (χ0v) is 23.1. The normalized spacial score (nSPS) is 18.8. The van der Waals surface area contributed by atoms with Gasteiger partial charge in [0.15, 0.2) is 5.82 Å². The quantitative estimate of drug-likeness (QED) is 0.363. The molecule has 0 spiro atoms. The molecule has 0 aliphatic carbocycles. The highest BCUT2D eigenvalue weighted by Gasteiger charge is 2.29. The SMILES string of the molecule is C=C=C1N(CC)CCN(Cc2cc3ccccc3o2)CCCC2=C[C@H](C)c3c(cc(OC)cc3OC)CN12. The first-order valence-electron chi connectivity index (χ1n) is 13.6. The molecule has 2 aliphatic heterocycles. The van der Waals surface area contributed by atoms with Crippen LogP contribution in [0.2, 0.25) is 0 Å². The van der Waals surface area contributed by atoms with E-state index >= 15 is 0 Å². The Kier molecular flexibility index (Phi) is 7.82. The minimum absolute atomic E-state index is 0.210. The van der Waals surface area contributed by atoms with Gasteiger partial charge >= 0.3 is 0 Å². The van der Waals surface area contributed by atoms with E-state index in [0.717, 1.165) is 86.2 Å². The molecule has 1 fully saturated rings. The van der Waals surface area contributed by atoms with Crippen LogP contribution in [-0.2, 0) is 13.1 Å². The van der Waals surface area contributed by atoms with Gasteiger partial charge in [0.2, 0.25) is 0 Å². The van der Waals surface area contributed by atoms with Crippen LogP contribution in [0.4, 0.5) is 0 Å². The van der Waals surface area contributed by atoms with Gasteiger partial charge in [0.25, 0.3) is 0 Å². The monoisotopic (exact) mass is 513 g/mol. The zero-order valence-electron chi connectivity index (χ0n) is 23.1. The fraction of sp³-hybridized carbons (Fsp3) is 0.406. The number of likely N-dealkylation sites (N-methyl/N-ethyl adjacent to an activating group) is 1. The van der Waals surface area contributed by atoms with Crippen LogP contribution in [0.25, 0.3) is 11.0 Å². The van der Waals surface area contributed by atoms with Crippen molar-refractivity contribution in [1.29, 1.82) is 0 Å². The molecule has 0 amide bonds. The summed E-state index contributed by atoms with van der Waals surface area (Å²) in [5.41, 5.74) is 8.01. The van der Waals surface area contributed by atoms with E-state index in [-0.39, 0.29) is 5.92 Å². The molecule has 1 saturated heterocycles. The molecule has 0 bridgehead atoms. The summed E-state index contributed by atoms with van der Waals surface area (Å²) in [4.78, 5) is 7.32. The van der Waals surface area contributed by atoms with Crippen LogP contribution in [-0.4, -0.2) is 55.1 Å². The van der Waals surface area contributed by atoms with E-state index in [1.165, 1.54) is 16.8 Å². The predicted octanol–water partition coefficient (Wildman–Crippen LogP) is 6.50. The molecule has 2 aromatic carbocycles. The van der Waals surface area contributed by atoms with Crippen molar-refractivity contribution >= 4 is 11.0 Å². The van der Waals surface area contributed by atoms with E-state index in [1.54, 1.807) is 14.2 Å². The summed E-state index contributed by atoms with van der Waals surface area (Å²) < 4.78 is 17.6. The summed E-state index contributed by atoms with van der Waals surface area (Å²) in [6.07, 6.45) is 4.43. The van der Waals surface area contributed by atoms with Crippen molar-refractivity contribution in [3.05, 3.63) is 89.3 Å². The lowest BCUT2D eigenvalue weighted by Gasteiger charge is -2.38. The van der Waals surface area contributed by atoms with Gasteiger partial charge in [-0.1, -0.05) is 43.5 Å². The highest BCUT2D eigenvalue weighted by atomic mass is 16.5. The number of para-hydroxylation sites is 1. The molecule has 0 N–H and O–H groups in total. The highest BCUT2D eigenvalue weighted by Crippen LogP contribution is 2.40. The highest BCUT2D eigenvalue weighted by molar-refractivity contribution is 5.77. The van der Waals surface area contributed by atoms with Crippen LogP contribution in [0.1, 0.15) is 49.5 Å². The van der Waals surface area contributed by atoms with Crippen molar-refractivity contribution in [3.63, 3.8) is 0 Å². The predicted molar refractivity (Wildman–Crippen MR) is 152 cm³/mol. The van der Waals surface area contributed by atoms with Crippen LogP contribution in [0.5, 0.6) is 11.5 Å². The number of ether oxygens (including phenoxy) is 2. The molecule has 5 rings (SSSR count). The van der Waals surface area contributed by atoms with Crippen LogP contribution in [0.3, 0.4) is 0 Å². The van der Waals surface area contributed by atoms with Crippen LogP contribution >= 0.6 is 0 Å². The maximum absolute atomic E-state index is 6.16. The van der Waals surface area contributed by atoms with Crippen LogP contribution in [0, 0.1) is 0 Å². The molecule has 200 valence electrons. The van der Waals surface area contributed by atoms with E-state index < -0.39 is 0 Å². The van der Waals surface area contributed by atoms with Crippen molar-refractivity contribution in [2.45, 2.75) is 45.7 Å². The first-order chi connectivity index (χ1) is 18.5. The van der Waals surface area contributed by atoms with E-state index in [1.807, 2.05) is 18.2 Å². The summed E-state index contributed by atoms with van der Waals surface area (Å²) >= 11 is 0. The molecular weight excluding hydrogens is 474 g/mol. The second-order valence-corrected chi connectivity index (χ2v) is 10.1. The van der Waals surface area contributed by atoms with E-state index in [4.69, 9.17) is 13.9 Å². The summed E-state index contributed by atoms with van der Waals surface area (Å²) in [5, 5.41) is 1.16. The number of fused-ring (bicyclic) bond motifs is 3. The zero-order chi connectivity index (χ0) is 26.6. The van der Waals surface area contributed by atoms with Gasteiger partial charge in [0, 0.05) is 48.3 Å². The lowest BCUT2D eigenvalue weighted by molar-refractivity contribution is 0.171. The Morgan fingerprint density at radius 2 is 1.92 bits per heavy atom. The van der Waals surface area contributed by atoms with Gasteiger partial charge in [-0.2, -0.15) is 0 Å². The number of rotatable bonds is 5. The molecule has 0 unspecified atom stereocenters.